The Balaban J connectivity index is 2.82. The lowest BCUT2D eigenvalue weighted by Crippen LogP contribution is -2.37. The molecule has 0 aliphatic carbocycles. The molecule has 0 heterocycles. The number of nitrogens with zero attached hydrogens (tertiary/aromatic N) is 1. The second kappa shape index (κ2) is 9.83. The number of alkyl halides is 3. The monoisotopic (exact) mass is 368 g/mol. The Bertz CT molecular complexity index is 533. The molecule has 0 radical (unpaired) electrons. The number of amides is 1. The van der Waals surface area contributed by atoms with Crippen molar-refractivity contribution in [1.82, 2.24) is 4.90 Å². The maximum Gasteiger partial charge on any atom is 0.418 e. The number of carbonyl (C=O) groups excluding carboxylic acids is 1. The van der Waals surface area contributed by atoms with Crippen LogP contribution in [0, 0.1) is 0 Å². The fourth-order valence-electron chi connectivity index (χ4n) is 1.98. The summed E-state index contributed by atoms with van der Waals surface area (Å²) in [7, 11) is 3.04. The van der Waals surface area contributed by atoms with E-state index in [1.54, 1.807) is 4.90 Å². The molecule has 24 heavy (non-hydrogen) atoms. The predicted molar refractivity (Wildman–Crippen MR) is 85.3 cm³/mol. The highest BCUT2D eigenvalue weighted by Gasteiger charge is 2.34. The Kier molecular flexibility index (Phi) is 8.47. The molecule has 0 aliphatic rings. The van der Waals surface area contributed by atoms with Crippen LogP contribution in [0.25, 0.3) is 0 Å². The predicted octanol–water partition coefficient (Wildman–Crippen LogP) is 2.89. The maximum absolute atomic E-state index is 13.0. The molecule has 1 aromatic carbocycles. The van der Waals surface area contributed by atoms with E-state index in [1.165, 1.54) is 26.4 Å². The largest absolute Gasteiger partial charge is 0.418 e. The van der Waals surface area contributed by atoms with E-state index in [9.17, 15) is 18.0 Å². The summed E-state index contributed by atoms with van der Waals surface area (Å²) in [6.45, 7) is 1.56. The number of hydrogen-bond donors (Lipinski definition) is 1. The van der Waals surface area contributed by atoms with Crippen LogP contribution in [0.4, 0.5) is 18.9 Å². The van der Waals surface area contributed by atoms with E-state index in [-0.39, 0.29) is 11.6 Å². The van der Waals surface area contributed by atoms with Crippen LogP contribution in [0.1, 0.15) is 5.56 Å². The summed E-state index contributed by atoms with van der Waals surface area (Å²) >= 11 is 5.81. The van der Waals surface area contributed by atoms with Crippen molar-refractivity contribution in [2.75, 3.05) is 52.4 Å². The molecule has 0 unspecified atom stereocenters. The summed E-state index contributed by atoms with van der Waals surface area (Å²) in [4.78, 5) is 13.8. The van der Waals surface area contributed by atoms with Crippen LogP contribution in [0.2, 0.25) is 5.02 Å². The van der Waals surface area contributed by atoms with Crippen molar-refractivity contribution in [2.45, 2.75) is 6.18 Å². The summed E-state index contributed by atoms with van der Waals surface area (Å²) in [5, 5.41) is 2.09. The van der Waals surface area contributed by atoms with Crippen LogP contribution in [-0.4, -0.2) is 57.9 Å². The zero-order valence-corrected chi connectivity index (χ0v) is 14.2. The fraction of sp³-hybridized carbons (Fsp3) is 0.533. The Labute approximate surface area is 143 Å². The first-order chi connectivity index (χ1) is 11.3. The lowest BCUT2D eigenvalue weighted by molar-refractivity contribution is -0.137. The SMILES string of the molecule is COCCN(CCOC)CC(=O)Nc1c(Cl)cccc1C(F)(F)F. The van der Waals surface area contributed by atoms with Gasteiger partial charge in [-0.1, -0.05) is 17.7 Å². The number of methoxy groups -OCH3 is 2. The minimum absolute atomic E-state index is 0.102. The van der Waals surface area contributed by atoms with E-state index >= 15 is 0 Å². The van der Waals surface area contributed by atoms with Gasteiger partial charge in [0.2, 0.25) is 5.91 Å². The maximum atomic E-state index is 13.0. The lowest BCUT2D eigenvalue weighted by atomic mass is 10.1. The van der Waals surface area contributed by atoms with Gasteiger partial charge in [-0.3, -0.25) is 9.69 Å². The Morgan fingerprint density at radius 1 is 1.21 bits per heavy atom. The Hall–Kier alpha value is -1.35. The average Bonchev–Trinajstić information content (AvgIpc) is 2.50. The van der Waals surface area contributed by atoms with Gasteiger partial charge in [-0.05, 0) is 12.1 Å². The number of carbonyl (C=O) groups is 1. The summed E-state index contributed by atoms with van der Waals surface area (Å²) in [5.74, 6) is -0.596. The number of halogens is 4. The molecule has 1 rings (SSSR count). The minimum Gasteiger partial charge on any atom is -0.383 e. The van der Waals surface area contributed by atoms with E-state index in [0.29, 0.717) is 26.3 Å². The smallest absolute Gasteiger partial charge is 0.383 e. The molecule has 5 nitrogen and oxygen atoms in total. The number of benzene rings is 1. The molecule has 1 N–H and O–H groups in total. The summed E-state index contributed by atoms with van der Waals surface area (Å²) in [6.07, 6.45) is -4.61. The zero-order chi connectivity index (χ0) is 18.2. The van der Waals surface area contributed by atoms with Crippen molar-refractivity contribution >= 4 is 23.2 Å². The van der Waals surface area contributed by atoms with Crippen LogP contribution >= 0.6 is 11.6 Å². The first-order valence-electron chi connectivity index (χ1n) is 7.15. The number of hydrogen-bond acceptors (Lipinski definition) is 4. The summed E-state index contributed by atoms with van der Waals surface area (Å²) < 4.78 is 49.0. The normalized spacial score (nSPS) is 11.8. The average molecular weight is 369 g/mol. The van der Waals surface area contributed by atoms with Gasteiger partial charge in [0, 0.05) is 27.3 Å². The third-order valence-corrected chi connectivity index (χ3v) is 3.49. The van der Waals surface area contributed by atoms with Crippen LogP contribution in [0.5, 0.6) is 0 Å². The molecule has 1 aromatic rings. The van der Waals surface area contributed by atoms with E-state index in [4.69, 9.17) is 21.1 Å². The van der Waals surface area contributed by atoms with Gasteiger partial charge in [-0.25, -0.2) is 0 Å². The zero-order valence-electron chi connectivity index (χ0n) is 13.5. The highest BCUT2D eigenvalue weighted by atomic mass is 35.5. The fourth-order valence-corrected chi connectivity index (χ4v) is 2.20. The quantitative estimate of drug-likeness (QED) is 0.728. The molecule has 0 fully saturated rings. The van der Waals surface area contributed by atoms with Gasteiger partial charge < -0.3 is 14.8 Å². The first kappa shape index (κ1) is 20.7. The van der Waals surface area contributed by atoms with Gasteiger partial charge in [0.1, 0.15) is 0 Å². The van der Waals surface area contributed by atoms with Crippen LogP contribution in [0.15, 0.2) is 18.2 Å². The number of anilines is 1. The number of para-hydroxylation sites is 1. The first-order valence-corrected chi connectivity index (χ1v) is 7.53. The van der Waals surface area contributed by atoms with Gasteiger partial charge >= 0.3 is 6.18 Å². The lowest BCUT2D eigenvalue weighted by Gasteiger charge is -2.22. The van der Waals surface area contributed by atoms with E-state index in [0.717, 1.165) is 6.07 Å². The molecule has 136 valence electrons. The summed E-state index contributed by atoms with van der Waals surface area (Å²) in [6, 6.07) is 3.35. The van der Waals surface area contributed by atoms with Crippen LogP contribution < -0.4 is 5.32 Å². The van der Waals surface area contributed by atoms with Crippen molar-refractivity contribution in [2.24, 2.45) is 0 Å². The highest BCUT2D eigenvalue weighted by Crippen LogP contribution is 2.38. The second-order valence-electron chi connectivity index (χ2n) is 4.97. The van der Waals surface area contributed by atoms with Crippen LogP contribution in [-0.2, 0) is 20.4 Å². The van der Waals surface area contributed by atoms with Crippen molar-refractivity contribution in [3.05, 3.63) is 28.8 Å². The third-order valence-electron chi connectivity index (χ3n) is 3.17. The third kappa shape index (κ3) is 6.64. The number of nitrogens with one attached hydrogen (secondary N) is 1. The summed E-state index contributed by atoms with van der Waals surface area (Å²) in [5.41, 5.74) is -1.42. The van der Waals surface area contributed by atoms with Crippen molar-refractivity contribution < 1.29 is 27.4 Å². The molecular formula is C15H20ClF3N2O3. The van der Waals surface area contributed by atoms with Gasteiger partial charge in [-0.15, -0.1) is 0 Å². The molecule has 0 aliphatic heterocycles. The molecule has 0 spiro atoms. The molecule has 1 amide bonds. The van der Waals surface area contributed by atoms with E-state index in [1.807, 2.05) is 0 Å². The molecular weight excluding hydrogens is 349 g/mol. The molecule has 0 bridgehead atoms. The molecule has 0 atom stereocenters. The second-order valence-corrected chi connectivity index (χ2v) is 5.38. The molecule has 0 saturated heterocycles. The van der Waals surface area contributed by atoms with Crippen LogP contribution in [0.3, 0.4) is 0 Å². The topological polar surface area (TPSA) is 50.8 Å². The van der Waals surface area contributed by atoms with Gasteiger partial charge in [0.25, 0.3) is 0 Å². The van der Waals surface area contributed by atoms with Gasteiger partial charge in [-0.2, -0.15) is 13.2 Å². The van der Waals surface area contributed by atoms with Crippen molar-refractivity contribution in [3.63, 3.8) is 0 Å². The highest BCUT2D eigenvalue weighted by molar-refractivity contribution is 6.34. The molecule has 9 heteroatoms. The Morgan fingerprint density at radius 2 is 1.79 bits per heavy atom. The molecule has 0 aromatic heterocycles. The van der Waals surface area contributed by atoms with Gasteiger partial charge in [0.15, 0.2) is 0 Å². The Morgan fingerprint density at radius 3 is 2.29 bits per heavy atom. The van der Waals surface area contributed by atoms with E-state index in [2.05, 4.69) is 5.32 Å². The minimum atomic E-state index is -4.61. The standard InChI is InChI=1S/C15H20ClF3N2O3/c1-23-8-6-21(7-9-24-2)10-13(22)20-14-11(15(17,18)19)4-3-5-12(14)16/h3-5H,6-10H2,1-2H3,(H,20,22). The number of ether oxygens (including phenoxy) is 2. The van der Waals surface area contributed by atoms with Crippen molar-refractivity contribution in [3.8, 4) is 0 Å². The number of rotatable bonds is 9. The molecule has 0 saturated carbocycles. The van der Waals surface area contributed by atoms with Gasteiger partial charge in [0.05, 0.1) is 36.0 Å². The van der Waals surface area contributed by atoms with E-state index < -0.39 is 23.3 Å². The van der Waals surface area contributed by atoms with Crippen molar-refractivity contribution in [1.29, 1.82) is 0 Å².